The summed E-state index contributed by atoms with van der Waals surface area (Å²) in [6.45, 7) is 4.26. The zero-order valence-electron chi connectivity index (χ0n) is 11.1. The summed E-state index contributed by atoms with van der Waals surface area (Å²) in [4.78, 5) is 23.9. The monoisotopic (exact) mass is 242 g/mol. The third-order valence-electron chi connectivity index (χ3n) is 3.64. The number of Topliss-reactive ketones (excluding diaryl/α,β-unsaturated/α-hetero) is 2. The van der Waals surface area contributed by atoms with Crippen molar-refractivity contribution in [1.29, 1.82) is 0 Å². The molecule has 0 aromatic heterocycles. The van der Waals surface area contributed by atoms with E-state index in [2.05, 4.69) is 13.8 Å². The summed E-state index contributed by atoms with van der Waals surface area (Å²) in [6.07, 6.45) is 1.12. The van der Waals surface area contributed by atoms with E-state index in [-0.39, 0.29) is 11.6 Å². The maximum atomic E-state index is 12.1. The quantitative estimate of drug-likeness (QED) is 0.545. The van der Waals surface area contributed by atoms with E-state index in [4.69, 9.17) is 9.47 Å². The van der Waals surface area contributed by atoms with E-state index in [0.717, 1.165) is 6.42 Å². The van der Waals surface area contributed by atoms with Gasteiger partial charge in [0.05, 0.1) is 5.92 Å². The summed E-state index contributed by atoms with van der Waals surface area (Å²) in [7, 11) is 2.83. The number of methoxy groups -OCH3 is 2. The van der Waals surface area contributed by atoms with Crippen LogP contribution in [0, 0.1) is 17.8 Å². The fourth-order valence-corrected chi connectivity index (χ4v) is 2.43. The lowest BCUT2D eigenvalue weighted by atomic mass is 9.74. The number of rotatable bonds is 5. The van der Waals surface area contributed by atoms with Gasteiger partial charge in [-0.2, -0.15) is 0 Å². The van der Waals surface area contributed by atoms with Gasteiger partial charge in [0.25, 0.3) is 0 Å². The molecule has 0 amide bonds. The van der Waals surface area contributed by atoms with Crippen LogP contribution < -0.4 is 0 Å². The molecule has 17 heavy (non-hydrogen) atoms. The second-order valence-electron chi connectivity index (χ2n) is 5.00. The van der Waals surface area contributed by atoms with E-state index >= 15 is 0 Å². The van der Waals surface area contributed by atoms with Crippen molar-refractivity contribution in [3.8, 4) is 0 Å². The van der Waals surface area contributed by atoms with Crippen LogP contribution in [0.3, 0.4) is 0 Å². The highest BCUT2D eigenvalue weighted by Crippen LogP contribution is 2.32. The van der Waals surface area contributed by atoms with Crippen LogP contribution in [-0.2, 0) is 19.1 Å². The Kier molecular flexibility index (Phi) is 5.28. The van der Waals surface area contributed by atoms with Gasteiger partial charge in [-0.3, -0.25) is 9.59 Å². The molecule has 0 N–H and O–H groups in total. The van der Waals surface area contributed by atoms with Crippen molar-refractivity contribution in [2.45, 2.75) is 39.4 Å². The van der Waals surface area contributed by atoms with E-state index in [1.807, 2.05) is 0 Å². The third kappa shape index (κ3) is 3.36. The zero-order chi connectivity index (χ0) is 13.0. The van der Waals surface area contributed by atoms with E-state index < -0.39 is 12.2 Å². The van der Waals surface area contributed by atoms with Gasteiger partial charge in [-0.15, -0.1) is 0 Å². The molecule has 0 aromatic carbocycles. The summed E-state index contributed by atoms with van der Waals surface area (Å²) in [5.41, 5.74) is 0. The Bertz CT molecular complexity index is 281. The minimum Gasteiger partial charge on any atom is -0.349 e. The van der Waals surface area contributed by atoms with E-state index in [0.29, 0.717) is 24.7 Å². The Labute approximate surface area is 103 Å². The molecule has 0 saturated heterocycles. The van der Waals surface area contributed by atoms with Gasteiger partial charge in [0.2, 0.25) is 6.29 Å². The summed E-state index contributed by atoms with van der Waals surface area (Å²) in [6, 6.07) is 0. The van der Waals surface area contributed by atoms with Crippen molar-refractivity contribution in [2.24, 2.45) is 17.8 Å². The Morgan fingerprint density at radius 2 is 1.88 bits per heavy atom. The first-order valence-corrected chi connectivity index (χ1v) is 6.13. The first-order chi connectivity index (χ1) is 8.01. The van der Waals surface area contributed by atoms with Gasteiger partial charge < -0.3 is 9.47 Å². The maximum Gasteiger partial charge on any atom is 0.218 e. The van der Waals surface area contributed by atoms with Crippen LogP contribution in [0.25, 0.3) is 0 Å². The molecule has 0 spiro atoms. The fraction of sp³-hybridized carbons (Fsp3) is 0.846. The minimum absolute atomic E-state index is 0.0333. The number of ketones is 2. The Morgan fingerprint density at radius 3 is 2.35 bits per heavy atom. The molecule has 1 fully saturated rings. The molecule has 0 bridgehead atoms. The van der Waals surface area contributed by atoms with E-state index in [9.17, 15) is 9.59 Å². The Balaban J connectivity index is 2.73. The Morgan fingerprint density at radius 1 is 1.29 bits per heavy atom. The average molecular weight is 242 g/mol. The molecule has 1 aliphatic rings. The number of ether oxygens (including phenoxy) is 2. The molecular formula is C13H22O4. The van der Waals surface area contributed by atoms with Crippen molar-refractivity contribution in [3.63, 3.8) is 0 Å². The highest BCUT2D eigenvalue weighted by molar-refractivity contribution is 6.04. The Hall–Kier alpha value is -0.740. The van der Waals surface area contributed by atoms with Gasteiger partial charge in [0.1, 0.15) is 5.78 Å². The van der Waals surface area contributed by atoms with Gasteiger partial charge in [-0.05, 0) is 24.7 Å². The number of carbonyl (C=O) groups excluding carboxylic acids is 2. The molecule has 1 rings (SSSR count). The maximum absolute atomic E-state index is 12.1. The molecule has 0 aliphatic heterocycles. The van der Waals surface area contributed by atoms with Crippen LogP contribution in [-0.4, -0.2) is 32.1 Å². The van der Waals surface area contributed by atoms with Crippen molar-refractivity contribution in [2.75, 3.05) is 14.2 Å². The second kappa shape index (κ2) is 6.26. The van der Waals surface area contributed by atoms with Crippen molar-refractivity contribution in [1.82, 2.24) is 0 Å². The van der Waals surface area contributed by atoms with Crippen LogP contribution in [0.15, 0.2) is 0 Å². The third-order valence-corrected chi connectivity index (χ3v) is 3.64. The van der Waals surface area contributed by atoms with Gasteiger partial charge in [0, 0.05) is 20.6 Å². The summed E-state index contributed by atoms with van der Waals surface area (Å²) in [5, 5.41) is 0. The molecule has 4 nitrogen and oxygen atoms in total. The topological polar surface area (TPSA) is 52.6 Å². The van der Waals surface area contributed by atoms with Crippen LogP contribution in [0.2, 0.25) is 0 Å². The van der Waals surface area contributed by atoms with Crippen LogP contribution in [0.4, 0.5) is 0 Å². The molecule has 2 atom stereocenters. The molecule has 4 heteroatoms. The molecule has 0 heterocycles. The smallest absolute Gasteiger partial charge is 0.218 e. The molecule has 1 aliphatic carbocycles. The van der Waals surface area contributed by atoms with Crippen LogP contribution in [0.5, 0.6) is 0 Å². The lowest BCUT2D eigenvalue weighted by Gasteiger charge is -2.30. The fourth-order valence-electron chi connectivity index (χ4n) is 2.43. The standard InChI is InChI=1S/C13H22O4/c1-8(2)9-5-6-11(14)10(7-9)12(15)13(16-3)17-4/h8-10,13H,5-7H2,1-4H3. The van der Waals surface area contributed by atoms with Crippen molar-refractivity contribution in [3.05, 3.63) is 0 Å². The first-order valence-electron chi connectivity index (χ1n) is 6.13. The lowest BCUT2D eigenvalue weighted by molar-refractivity contribution is -0.164. The predicted octanol–water partition coefficient (Wildman–Crippen LogP) is 1.82. The average Bonchev–Trinajstić information content (AvgIpc) is 2.30. The van der Waals surface area contributed by atoms with Gasteiger partial charge in [-0.1, -0.05) is 13.8 Å². The number of hydrogen-bond acceptors (Lipinski definition) is 4. The first kappa shape index (κ1) is 14.3. The molecule has 98 valence electrons. The lowest BCUT2D eigenvalue weighted by Crippen LogP contribution is -2.39. The van der Waals surface area contributed by atoms with Gasteiger partial charge >= 0.3 is 0 Å². The van der Waals surface area contributed by atoms with Crippen molar-refractivity contribution < 1.29 is 19.1 Å². The highest BCUT2D eigenvalue weighted by atomic mass is 16.7. The molecule has 2 unspecified atom stereocenters. The summed E-state index contributed by atoms with van der Waals surface area (Å²) >= 11 is 0. The normalized spacial score (nSPS) is 25.6. The van der Waals surface area contributed by atoms with Gasteiger partial charge in [0.15, 0.2) is 5.78 Å². The molecule has 0 aromatic rings. The molecule has 1 saturated carbocycles. The second-order valence-corrected chi connectivity index (χ2v) is 5.00. The highest BCUT2D eigenvalue weighted by Gasteiger charge is 2.38. The SMILES string of the molecule is COC(OC)C(=O)C1CC(C(C)C)CCC1=O. The van der Waals surface area contributed by atoms with Crippen LogP contribution >= 0.6 is 0 Å². The van der Waals surface area contributed by atoms with E-state index in [1.54, 1.807) is 0 Å². The van der Waals surface area contributed by atoms with E-state index in [1.165, 1.54) is 14.2 Å². The summed E-state index contributed by atoms with van der Waals surface area (Å²) < 4.78 is 9.87. The van der Waals surface area contributed by atoms with Crippen molar-refractivity contribution >= 4 is 11.6 Å². The largest absolute Gasteiger partial charge is 0.349 e. The predicted molar refractivity (Wildman–Crippen MR) is 63.5 cm³/mol. The van der Waals surface area contributed by atoms with Crippen LogP contribution in [0.1, 0.15) is 33.1 Å². The number of carbonyl (C=O) groups is 2. The molecule has 0 radical (unpaired) electrons. The van der Waals surface area contributed by atoms with Gasteiger partial charge in [-0.25, -0.2) is 0 Å². The minimum atomic E-state index is -0.908. The summed E-state index contributed by atoms with van der Waals surface area (Å²) in [5.74, 6) is 0.204. The molecular weight excluding hydrogens is 220 g/mol. The zero-order valence-corrected chi connectivity index (χ0v) is 11.1. The number of hydrogen-bond donors (Lipinski definition) is 0.